The van der Waals surface area contributed by atoms with E-state index in [-0.39, 0.29) is 5.91 Å². The molecule has 5 heteroatoms. The predicted octanol–water partition coefficient (Wildman–Crippen LogP) is 5.85. The molecule has 5 rings (SSSR count). The van der Waals surface area contributed by atoms with Gasteiger partial charge in [0.05, 0.1) is 18.2 Å². The topological polar surface area (TPSA) is 52.3 Å². The lowest BCUT2D eigenvalue weighted by atomic mass is 10.0. The number of aryl methyl sites for hydroxylation is 3. The van der Waals surface area contributed by atoms with E-state index < -0.39 is 0 Å². The van der Waals surface area contributed by atoms with Crippen LogP contribution in [0.3, 0.4) is 0 Å². The van der Waals surface area contributed by atoms with E-state index in [1.165, 1.54) is 42.6 Å². The number of carbonyl (C=O) groups is 1. The largest absolute Gasteiger partial charge is 0.343 e. The quantitative estimate of drug-likeness (QED) is 0.414. The Hall–Kier alpha value is -3.36. The van der Waals surface area contributed by atoms with Gasteiger partial charge in [-0.2, -0.15) is 5.26 Å². The summed E-state index contributed by atoms with van der Waals surface area (Å²) < 4.78 is 2.29. The van der Waals surface area contributed by atoms with Crippen LogP contribution in [0.4, 0.5) is 0 Å². The Labute approximate surface area is 221 Å². The molecule has 2 aromatic carbocycles. The Balaban J connectivity index is 1.34. The summed E-state index contributed by atoms with van der Waals surface area (Å²) in [5, 5.41) is 9.07. The number of nitriles is 1. The van der Waals surface area contributed by atoms with Gasteiger partial charge in [-0.15, -0.1) is 0 Å². The molecule has 5 nitrogen and oxygen atoms in total. The monoisotopic (exact) mass is 494 g/mol. The van der Waals surface area contributed by atoms with Crippen LogP contribution < -0.4 is 0 Å². The number of piperidine rings is 1. The van der Waals surface area contributed by atoms with E-state index >= 15 is 0 Å². The van der Waals surface area contributed by atoms with Crippen molar-refractivity contribution < 1.29 is 4.79 Å². The molecule has 1 aromatic heterocycles. The van der Waals surface area contributed by atoms with Crippen molar-refractivity contribution in [2.45, 2.75) is 64.8 Å². The minimum atomic E-state index is 0.269. The van der Waals surface area contributed by atoms with Gasteiger partial charge in [0.1, 0.15) is 0 Å². The van der Waals surface area contributed by atoms with Crippen LogP contribution in [-0.2, 0) is 17.6 Å². The lowest BCUT2D eigenvalue weighted by molar-refractivity contribution is -0.132. The van der Waals surface area contributed by atoms with Gasteiger partial charge in [-0.1, -0.05) is 35.9 Å². The van der Waals surface area contributed by atoms with Gasteiger partial charge < -0.3 is 14.4 Å². The van der Waals surface area contributed by atoms with Crippen LogP contribution in [0.15, 0.2) is 54.6 Å². The number of nitrogens with zero attached hydrogens (tertiary/aromatic N) is 4. The number of hydrogen-bond acceptors (Lipinski definition) is 3. The number of hydrogen-bond donors (Lipinski definition) is 0. The fourth-order valence-electron chi connectivity index (χ4n) is 6.12. The van der Waals surface area contributed by atoms with Crippen LogP contribution in [-0.4, -0.2) is 52.5 Å². The first kappa shape index (κ1) is 25.3. The van der Waals surface area contributed by atoms with Crippen LogP contribution in [0.25, 0.3) is 16.9 Å². The molecule has 2 aliphatic heterocycles. The molecule has 192 valence electrons. The van der Waals surface area contributed by atoms with E-state index in [4.69, 9.17) is 5.26 Å². The Morgan fingerprint density at radius 2 is 1.68 bits per heavy atom. The Morgan fingerprint density at radius 3 is 2.35 bits per heavy atom. The minimum absolute atomic E-state index is 0.269. The third-order valence-corrected chi connectivity index (χ3v) is 8.17. The highest BCUT2D eigenvalue weighted by Gasteiger charge is 2.28. The normalized spacial score (nSPS) is 16.7. The van der Waals surface area contributed by atoms with E-state index in [0.29, 0.717) is 25.3 Å². The van der Waals surface area contributed by atoms with Crippen LogP contribution in [0, 0.1) is 25.2 Å². The third-order valence-electron chi connectivity index (χ3n) is 8.17. The fourth-order valence-corrected chi connectivity index (χ4v) is 6.12. The summed E-state index contributed by atoms with van der Waals surface area (Å²) in [6, 6.07) is 22.1. The summed E-state index contributed by atoms with van der Waals surface area (Å²) in [5.41, 5.74) is 8.05. The molecule has 0 spiro atoms. The molecule has 0 saturated carbocycles. The van der Waals surface area contributed by atoms with Crippen molar-refractivity contribution in [3.63, 3.8) is 0 Å². The SMILES string of the molecule is Cc1ccc(-c2ccc(CCC(=O)N3CCC(N4CCCC4)CC3)n2-c2ccc(CC#N)cc2)c(C)c1. The van der Waals surface area contributed by atoms with Gasteiger partial charge in [0.25, 0.3) is 0 Å². The van der Waals surface area contributed by atoms with Gasteiger partial charge in [-0.05, 0) is 94.4 Å². The summed E-state index contributed by atoms with van der Waals surface area (Å²) in [7, 11) is 0. The maximum absolute atomic E-state index is 13.2. The van der Waals surface area contributed by atoms with Gasteiger partial charge in [-0.25, -0.2) is 0 Å². The van der Waals surface area contributed by atoms with Gasteiger partial charge in [0.2, 0.25) is 5.91 Å². The molecule has 2 aliphatic rings. The lowest BCUT2D eigenvalue weighted by Crippen LogP contribution is -2.46. The molecule has 0 bridgehead atoms. The van der Waals surface area contributed by atoms with Crippen molar-refractivity contribution in [1.82, 2.24) is 14.4 Å². The molecule has 0 radical (unpaired) electrons. The maximum Gasteiger partial charge on any atom is 0.222 e. The maximum atomic E-state index is 13.2. The average Bonchev–Trinajstić information content (AvgIpc) is 3.59. The number of aromatic nitrogens is 1. The number of carbonyl (C=O) groups excluding carboxylic acids is 1. The van der Waals surface area contributed by atoms with Crippen molar-refractivity contribution in [3.05, 3.63) is 77.0 Å². The second kappa shape index (κ2) is 11.4. The molecular formula is C32H38N4O. The molecule has 0 N–H and O–H groups in total. The summed E-state index contributed by atoms with van der Waals surface area (Å²) >= 11 is 0. The second-order valence-corrected chi connectivity index (χ2v) is 10.7. The Bertz CT molecular complexity index is 1270. The highest BCUT2D eigenvalue weighted by atomic mass is 16.2. The molecule has 2 fully saturated rings. The van der Waals surface area contributed by atoms with Crippen LogP contribution in [0.5, 0.6) is 0 Å². The summed E-state index contributed by atoms with van der Waals surface area (Å²) in [4.78, 5) is 17.9. The van der Waals surface area contributed by atoms with Crippen LogP contribution >= 0.6 is 0 Å². The highest BCUT2D eigenvalue weighted by Crippen LogP contribution is 2.31. The van der Waals surface area contributed by atoms with Crippen LogP contribution in [0.2, 0.25) is 0 Å². The lowest BCUT2D eigenvalue weighted by Gasteiger charge is -2.36. The first-order valence-electron chi connectivity index (χ1n) is 13.8. The van der Waals surface area contributed by atoms with E-state index in [1.54, 1.807) is 0 Å². The first-order valence-corrected chi connectivity index (χ1v) is 13.8. The first-order chi connectivity index (χ1) is 18.0. The molecule has 0 aliphatic carbocycles. The van der Waals surface area contributed by atoms with E-state index in [0.717, 1.165) is 48.6 Å². The second-order valence-electron chi connectivity index (χ2n) is 10.7. The van der Waals surface area contributed by atoms with Gasteiger partial charge in [0.15, 0.2) is 0 Å². The third kappa shape index (κ3) is 5.65. The Morgan fingerprint density at radius 1 is 0.946 bits per heavy atom. The van der Waals surface area contributed by atoms with Crippen LogP contribution in [0.1, 0.15) is 54.5 Å². The zero-order valence-corrected chi connectivity index (χ0v) is 22.2. The zero-order chi connectivity index (χ0) is 25.8. The summed E-state index contributed by atoms with van der Waals surface area (Å²) in [5.74, 6) is 0.269. The minimum Gasteiger partial charge on any atom is -0.343 e. The van der Waals surface area contributed by atoms with E-state index in [2.05, 4.69) is 76.7 Å². The van der Waals surface area contributed by atoms with Crippen molar-refractivity contribution >= 4 is 5.91 Å². The summed E-state index contributed by atoms with van der Waals surface area (Å²) in [6.45, 7) is 8.51. The fraction of sp³-hybridized carbons (Fsp3) is 0.438. The smallest absolute Gasteiger partial charge is 0.222 e. The molecule has 3 heterocycles. The van der Waals surface area contributed by atoms with Crippen molar-refractivity contribution in [1.29, 1.82) is 5.26 Å². The zero-order valence-electron chi connectivity index (χ0n) is 22.2. The highest BCUT2D eigenvalue weighted by molar-refractivity contribution is 5.77. The van der Waals surface area contributed by atoms with Gasteiger partial charge in [0, 0.05) is 42.5 Å². The number of rotatable bonds is 7. The number of likely N-dealkylation sites (tertiary alicyclic amines) is 2. The molecule has 1 amide bonds. The van der Waals surface area contributed by atoms with Crippen molar-refractivity contribution in [2.24, 2.45) is 0 Å². The standard InChI is InChI=1S/C32H38N4O/c1-24-5-12-30(25(2)23-24)31-13-10-29(36(31)28-8-6-26(7-9-28)15-18-33)11-14-32(37)35-21-16-27(17-22-35)34-19-3-4-20-34/h5-10,12-13,23,27H,3-4,11,14-17,19-22H2,1-2H3. The van der Waals surface area contributed by atoms with Crippen molar-refractivity contribution in [3.8, 4) is 23.0 Å². The molecule has 0 atom stereocenters. The van der Waals surface area contributed by atoms with Crippen molar-refractivity contribution in [2.75, 3.05) is 26.2 Å². The molecule has 37 heavy (non-hydrogen) atoms. The molecular weight excluding hydrogens is 456 g/mol. The van der Waals surface area contributed by atoms with E-state index in [9.17, 15) is 4.79 Å². The predicted molar refractivity (Wildman–Crippen MR) is 149 cm³/mol. The Kier molecular flexibility index (Phi) is 7.76. The van der Waals surface area contributed by atoms with Gasteiger partial charge in [-0.3, -0.25) is 4.79 Å². The van der Waals surface area contributed by atoms with E-state index in [1.807, 2.05) is 12.1 Å². The molecule has 0 unspecified atom stereocenters. The summed E-state index contributed by atoms with van der Waals surface area (Å²) in [6.07, 6.45) is 6.49. The average molecular weight is 495 g/mol. The number of amides is 1. The van der Waals surface area contributed by atoms with Gasteiger partial charge >= 0.3 is 0 Å². The molecule has 3 aromatic rings. The molecule has 2 saturated heterocycles. The number of benzene rings is 2.